The van der Waals surface area contributed by atoms with Gasteiger partial charge in [0.05, 0.1) is 29.4 Å². The second-order valence-corrected chi connectivity index (χ2v) is 6.10. The molecule has 6 nitrogen and oxygen atoms in total. The molecular weight excluding hydrogens is 368 g/mol. The molecule has 1 N–H and O–H groups in total. The van der Waals surface area contributed by atoms with Crippen molar-refractivity contribution >= 4 is 17.6 Å². The van der Waals surface area contributed by atoms with Crippen molar-refractivity contribution in [2.75, 3.05) is 13.2 Å². The number of ether oxygens (including phenoxy) is 2. The zero-order valence-electron chi connectivity index (χ0n) is 14.8. The highest BCUT2D eigenvalue weighted by molar-refractivity contribution is 6.32. The third kappa shape index (κ3) is 4.60. The van der Waals surface area contributed by atoms with Gasteiger partial charge in [0.1, 0.15) is 12.4 Å². The van der Waals surface area contributed by atoms with Gasteiger partial charge in [0.25, 0.3) is 0 Å². The van der Waals surface area contributed by atoms with Crippen molar-refractivity contribution in [2.24, 2.45) is 0 Å². The molecule has 3 aromatic rings. The monoisotopic (exact) mass is 386 g/mol. The molecule has 3 rings (SSSR count). The predicted octanol–water partition coefficient (Wildman–Crippen LogP) is 4.38. The molecule has 1 heterocycles. The predicted molar refractivity (Wildman–Crippen MR) is 103 cm³/mol. The van der Waals surface area contributed by atoms with E-state index in [2.05, 4.69) is 5.10 Å². The van der Waals surface area contributed by atoms with Gasteiger partial charge in [-0.25, -0.2) is 9.48 Å². The van der Waals surface area contributed by atoms with E-state index in [0.29, 0.717) is 31.4 Å². The molecule has 0 aliphatic heterocycles. The van der Waals surface area contributed by atoms with Gasteiger partial charge in [-0.2, -0.15) is 5.10 Å². The lowest BCUT2D eigenvalue weighted by Gasteiger charge is -2.10. The SMILES string of the molecule is CCOc1cc(-c2ccccc2)nn1CCOc1ccc(C(=O)O)cc1Cl. The summed E-state index contributed by atoms with van der Waals surface area (Å²) in [6.07, 6.45) is 0. The van der Waals surface area contributed by atoms with Gasteiger partial charge in [-0.3, -0.25) is 0 Å². The Morgan fingerprint density at radius 2 is 1.93 bits per heavy atom. The van der Waals surface area contributed by atoms with E-state index in [0.717, 1.165) is 11.3 Å². The van der Waals surface area contributed by atoms with E-state index in [1.807, 2.05) is 43.3 Å². The van der Waals surface area contributed by atoms with Gasteiger partial charge in [0, 0.05) is 11.6 Å². The van der Waals surface area contributed by atoms with Crippen molar-refractivity contribution in [3.05, 3.63) is 65.2 Å². The van der Waals surface area contributed by atoms with Crippen LogP contribution in [0.25, 0.3) is 11.3 Å². The number of carbonyl (C=O) groups is 1. The maximum atomic E-state index is 11.0. The molecule has 27 heavy (non-hydrogen) atoms. The number of carboxylic acids is 1. The lowest BCUT2D eigenvalue weighted by atomic mass is 10.2. The molecule has 0 atom stereocenters. The van der Waals surface area contributed by atoms with Crippen molar-refractivity contribution in [1.29, 1.82) is 0 Å². The van der Waals surface area contributed by atoms with E-state index >= 15 is 0 Å². The fraction of sp³-hybridized carbons (Fsp3) is 0.200. The molecule has 0 aliphatic carbocycles. The van der Waals surface area contributed by atoms with Crippen molar-refractivity contribution in [3.63, 3.8) is 0 Å². The van der Waals surface area contributed by atoms with E-state index in [4.69, 9.17) is 26.2 Å². The third-order valence-electron chi connectivity index (χ3n) is 3.84. The molecule has 0 aliphatic rings. The van der Waals surface area contributed by atoms with Gasteiger partial charge in [-0.15, -0.1) is 0 Å². The summed E-state index contributed by atoms with van der Waals surface area (Å²) in [5.41, 5.74) is 1.94. The lowest BCUT2D eigenvalue weighted by molar-refractivity contribution is 0.0697. The fourth-order valence-electron chi connectivity index (χ4n) is 2.57. The van der Waals surface area contributed by atoms with E-state index < -0.39 is 5.97 Å². The topological polar surface area (TPSA) is 73.6 Å². The van der Waals surface area contributed by atoms with E-state index in [9.17, 15) is 4.79 Å². The zero-order chi connectivity index (χ0) is 19.2. The fourth-order valence-corrected chi connectivity index (χ4v) is 2.80. The Hall–Kier alpha value is -2.99. The van der Waals surface area contributed by atoms with Gasteiger partial charge >= 0.3 is 5.97 Å². The summed E-state index contributed by atoms with van der Waals surface area (Å²) in [5.74, 6) is 0.0529. The maximum Gasteiger partial charge on any atom is 0.335 e. The Morgan fingerprint density at radius 3 is 2.59 bits per heavy atom. The molecular formula is C20H19ClN2O4. The van der Waals surface area contributed by atoms with Gasteiger partial charge in [0.2, 0.25) is 5.88 Å². The Labute approximate surface area is 161 Å². The molecule has 1 aromatic heterocycles. The number of carboxylic acid groups (broad SMARTS) is 1. The Kier molecular flexibility index (Phi) is 5.98. The molecule has 0 bridgehead atoms. The highest BCUT2D eigenvalue weighted by Crippen LogP contribution is 2.26. The number of hydrogen-bond acceptors (Lipinski definition) is 4. The maximum absolute atomic E-state index is 11.0. The number of benzene rings is 2. The quantitative estimate of drug-likeness (QED) is 0.622. The van der Waals surface area contributed by atoms with E-state index in [-0.39, 0.29) is 10.6 Å². The Morgan fingerprint density at radius 1 is 1.15 bits per heavy atom. The molecule has 2 aromatic carbocycles. The largest absolute Gasteiger partial charge is 0.490 e. The van der Waals surface area contributed by atoms with Crippen LogP contribution in [0, 0.1) is 0 Å². The lowest BCUT2D eigenvalue weighted by Crippen LogP contribution is -2.12. The molecule has 0 saturated heterocycles. The van der Waals surface area contributed by atoms with Crippen molar-refractivity contribution in [3.8, 4) is 22.9 Å². The number of aromatic nitrogens is 2. The second-order valence-electron chi connectivity index (χ2n) is 5.69. The molecule has 0 radical (unpaired) electrons. The van der Waals surface area contributed by atoms with Gasteiger partial charge < -0.3 is 14.6 Å². The van der Waals surface area contributed by atoms with Crippen LogP contribution in [0.5, 0.6) is 11.6 Å². The van der Waals surface area contributed by atoms with E-state index in [1.54, 1.807) is 10.7 Å². The number of halogens is 1. The first kappa shape index (κ1) is 18.8. The summed E-state index contributed by atoms with van der Waals surface area (Å²) < 4.78 is 13.1. The second kappa shape index (κ2) is 8.60. The molecule has 0 amide bonds. The Bertz CT molecular complexity index is 925. The van der Waals surface area contributed by atoms with Gasteiger partial charge in [-0.1, -0.05) is 41.9 Å². The molecule has 0 saturated carbocycles. The van der Waals surface area contributed by atoms with Crippen LogP contribution in [0.3, 0.4) is 0 Å². The smallest absolute Gasteiger partial charge is 0.335 e. The molecule has 7 heteroatoms. The van der Waals surface area contributed by atoms with Gasteiger partial charge in [-0.05, 0) is 25.1 Å². The van der Waals surface area contributed by atoms with Crippen LogP contribution in [0.1, 0.15) is 17.3 Å². The van der Waals surface area contributed by atoms with Crippen molar-refractivity contribution < 1.29 is 19.4 Å². The summed E-state index contributed by atoms with van der Waals surface area (Å²) >= 11 is 6.08. The summed E-state index contributed by atoms with van der Waals surface area (Å²) in [6, 6.07) is 16.1. The van der Waals surface area contributed by atoms with Crippen molar-refractivity contribution in [1.82, 2.24) is 9.78 Å². The highest BCUT2D eigenvalue weighted by Gasteiger charge is 2.12. The van der Waals surface area contributed by atoms with Crippen LogP contribution in [0.2, 0.25) is 5.02 Å². The van der Waals surface area contributed by atoms with Crippen LogP contribution in [0.15, 0.2) is 54.6 Å². The average molecular weight is 387 g/mol. The summed E-state index contributed by atoms with van der Waals surface area (Å²) in [5, 5.41) is 13.8. The molecule has 0 unspecified atom stereocenters. The van der Waals surface area contributed by atoms with Crippen LogP contribution in [0.4, 0.5) is 0 Å². The molecule has 0 spiro atoms. The van der Waals surface area contributed by atoms with Crippen molar-refractivity contribution in [2.45, 2.75) is 13.5 Å². The van der Waals surface area contributed by atoms with Gasteiger partial charge in [0.15, 0.2) is 0 Å². The first-order valence-corrected chi connectivity index (χ1v) is 8.88. The van der Waals surface area contributed by atoms with Crippen LogP contribution in [-0.2, 0) is 6.54 Å². The van der Waals surface area contributed by atoms with Crippen LogP contribution >= 0.6 is 11.6 Å². The minimum Gasteiger partial charge on any atom is -0.490 e. The standard InChI is InChI=1S/C20H19ClN2O4/c1-2-26-19-13-17(14-6-4-3-5-7-14)22-23(19)10-11-27-18-9-8-15(20(24)25)12-16(18)21/h3-9,12-13H,2,10-11H2,1H3,(H,24,25). The Balaban J connectivity index is 1.70. The van der Waals surface area contributed by atoms with Crippen LogP contribution < -0.4 is 9.47 Å². The molecule has 140 valence electrons. The number of nitrogens with zero attached hydrogens (tertiary/aromatic N) is 2. The summed E-state index contributed by atoms with van der Waals surface area (Å²) in [7, 11) is 0. The number of aromatic carboxylic acids is 1. The van der Waals surface area contributed by atoms with Crippen LogP contribution in [-0.4, -0.2) is 34.1 Å². The number of hydrogen-bond donors (Lipinski definition) is 1. The zero-order valence-corrected chi connectivity index (χ0v) is 15.5. The van der Waals surface area contributed by atoms with E-state index in [1.165, 1.54) is 12.1 Å². The normalized spacial score (nSPS) is 10.6. The number of rotatable bonds is 8. The summed E-state index contributed by atoms with van der Waals surface area (Å²) in [4.78, 5) is 11.0. The first-order chi connectivity index (χ1) is 13.1. The highest BCUT2D eigenvalue weighted by atomic mass is 35.5. The summed E-state index contributed by atoms with van der Waals surface area (Å²) in [6.45, 7) is 3.21. The molecule has 0 fully saturated rings. The third-order valence-corrected chi connectivity index (χ3v) is 4.14. The minimum absolute atomic E-state index is 0.116. The minimum atomic E-state index is -1.03. The average Bonchev–Trinajstić information content (AvgIpc) is 3.07. The first-order valence-electron chi connectivity index (χ1n) is 8.50.